The van der Waals surface area contributed by atoms with Crippen molar-refractivity contribution >= 4 is 17.7 Å². The second-order valence-electron chi connectivity index (χ2n) is 7.08. The zero-order valence-electron chi connectivity index (χ0n) is 15.8. The van der Waals surface area contributed by atoms with E-state index in [0.29, 0.717) is 25.2 Å². The smallest absolute Gasteiger partial charge is 0.326 e. The molecule has 144 valence electrons. The van der Waals surface area contributed by atoms with Gasteiger partial charge in [0.25, 0.3) is 5.78 Å². The average molecular weight is 379 g/mol. The number of rotatable bonds is 4. The summed E-state index contributed by atoms with van der Waals surface area (Å²) in [6.45, 7) is 4.14. The van der Waals surface area contributed by atoms with E-state index in [1.165, 1.54) is 11.2 Å². The summed E-state index contributed by atoms with van der Waals surface area (Å²) in [5, 5.41) is 13.8. The van der Waals surface area contributed by atoms with Gasteiger partial charge >= 0.3 is 5.97 Å². The molecule has 1 aliphatic heterocycles. The Bertz CT molecular complexity index is 1070. The Balaban J connectivity index is 1.55. The summed E-state index contributed by atoms with van der Waals surface area (Å²) in [5.74, 6) is -0.607. The topological polar surface area (TPSA) is 101 Å². The summed E-state index contributed by atoms with van der Waals surface area (Å²) >= 11 is 0. The number of nitrogens with zero attached hydrogens (tertiary/aromatic N) is 5. The number of fused-ring (bicyclic) bond motifs is 2. The summed E-state index contributed by atoms with van der Waals surface area (Å²) in [6.07, 6.45) is 2.48. The van der Waals surface area contributed by atoms with Crippen LogP contribution < -0.4 is 0 Å². The van der Waals surface area contributed by atoms with Gasteiger partial charge in [0, 0.05) is 30.8 Å². The van der Waals surface area contributed by atoms with Crippen molar-refractivity contribution in [1.29, 1.82) is 0 Å². The SMILES string of the molecule is Cc1nc2ncnn2c(C)c1CCC(=O)N1Cc2ccccc2C[C@H]1C(=O)O. The van der Waals surface area contributed by atoms with Crippen molar-refractivity contribution in [2.75, 3.05) is 0 Å². The predicted octanol–water partition coefficient (Wildman–Crippen LogP) is 1.71. The lowest BCUT2D eigenvalue weighted by Crippen LogP contribution is -2.48. The quantitative estimate of drug-likeness (QED) is 0.741. The molecular weight excluding hydrogens is 358 g/mol. The van der Waals surface area contributed by atoms with Gasteiger partial charge in [0.15, 0.2) is 0 Å². The molecule has 1 aromatic carbocycles. The Morgan fingerprint density at radius 1 is 1.21 bits per heavy atom. The van der Waals surface area contributed by atoms with Crippen LogP contribution in [-0.4, -0.2) is 47.5 Å². The Kier molecular flexibility index (Phi) is 4.54. The number of carbonyl (C=O) groups excluding carboxylic acids is 1. The molecule has 1 amide bonds. The molecule has 3 aromatic rings. The molecule has 0 unspecified atom stereocenters. The van der Waals surface area contributed by atoms with Gasteiger partial charge in [-0.15, -0.1) is 0 Å². The first-order chi connectivity index (χ1) is 13.5. The predicted molar refractivity (Wildman–Crippen MR) is 101 cm³/mol. The zero-order chi connectivity index (χ0) is 19.8. The molecule has 8 heteroatoms. The summed E-state index contributed by atoms with van der Waals surface area (Å²) in [4.78, 5) is 34.7. The first-order valence-corrected chi connectivity index (χ1v) is 9.20. The number of aliphatic carboxylic acids is 1. The van der Waals surface area contributed by atoms with Crippen LogP contribution in [-0.2, 0) is 29.0 Å². The number of carbonyl (C=O) groups is 2. The lowest BCUT2D eigenvalue weighted by atomic mass is 9.93. The third-order valence-corrected chi connectivity index (χ3v) is 5.43. The highest BCUT2D eigenvalue weighted by atomic mass is 16.4. The highest BCUT2D eigenvalue weighted by Crippen LogP contribution is 2.25. The van der Waals surface area contributed by atoms with E-state index in [9.17, 15) is 14.7 Å². The molecule has 0 saturated carbocycles. The van der Waals surface area contributed by atoms with Crippen LogP contribution in [0.3, 0.4) is 0 Å². The molecule has 0 bridgehead atoms. The van der Waals surface area contributed by atoms with Crippen LogP contribution in [0.1, 0.15) is 34.5 Å². The summed E-state index contributed by atoms with van der Waals surface area (Å²) in [5.41, 5.74) is 4.64. The maximum absolute atomic E-state index is 12.9. The van der Waals surface area contributed by atoms with E-state index in [-0.39, 0.29) is 12.3 Å². The van der Waals surface area contributed by atoms with Gasteiger partial charge in [-0.25, -0.2) is 14.3 Å². The van der Waals surface area contributed by atoms with Crippen LogP contribution in [0.15, 0.2) is 30.6 Å². The van der Waals surface area contributed by atoms with Gasteiger partial charge in [0.2, 0.25) is 5.91 Å². The number of carboxylic acids is 1. The van der Waals surface area contributed by atoms with Gasteiger partial charge in [-0.3, -0.25) is 4.79 Å². The van der Waals surface area contributed by atoms with Crippen molar-refractivity contribution in [3.8, 4) is 0 Å². The van der Waals surface area contributed by atoms with Gasteiger partial charge in [-0.05, 0) is 37.0 Å². The molecule has 1 atom stereocenters. The van der Waals surface area contributed by atoms with Crippen molar-refractivity contribution in [3.63, 3.8) is 0 Å². The maximum atomic E-state index is 12.9. The molecule has 0 spiro atoms. The Hall–Kier alpha value is -3.29. The fraction of sp³-hybridized carbons (Fsp3) is 0.350. The van der Waals surface area contributed by atoms with Crippen LogP contribution >= 0.6 is 0 Å². The number of aromatic nitrogens is 4. The van der Waals surface area contributed by atoms with Gasteiger partial charge in [0.1, 0.15) is 12.4 Å². The molecule has 8 nitrogen and oxygen atoms in total. The van der Waals surface area contributed by atoms with Crippen LogP contribution in [0.25, 0.3) is 5.78 Å². The number of carboxylic acid groups (broad SMARTS) is 1. The van der Waals surface area contributed by atoms with E-state index in [4.69, 9.17) is 0 Å². The molecule has 2 aromatic heterocycles. The second kappa shape index (κ2) is 7.03. The zero-order valence-corrected chi connectivity index (χ0v) is 15.8. The molecule has 4 rings (SSSR count). The van der Waals surface area contributed by atoms with Crippen molar-refractivity contribution in [1.82, 2.24) is 24.5 Å². The number of hydrogen-bond donors (Lipinski definition) is 1. The number of benzene rings is 1. The summed E-state index contributed by atoms with van der Waals surface area (Å²) in [6, 6.07) is 6.85. The van der Waals surface area contributed by atoms with E-state index in [0.717, 1.165) is 28.1 Å². The van der Waals surface area contributed by atoms with Crippen molar-refractivity contribution < 1.29 is 14.7 Å². The lowest BCUT2D eigenvalue weighted by Gasteiger charge is -2.34. The highest BCUT2D eigenvalue weighted by molar-refractivity contribution is 5.84. The van der Waals surface area contributed by atoms with E-state index < -0.39 is 12.0 Å². The monoisotopic (exact) mass is 379 g/mol. The average Bonchev–Trinajstić information content (AvgIpc) is 3.15. The molecule has 3 heterocycles. The molecule has 0 radical (unpaired) electrons. The second-order valence-corrected chi connectivity index (χ2v) is 7.08. The van der Waals surface area contributed by atoms with Gasteiger partial charge in [0.05, 0.1) is 0 Å². The normalized spacial score (nSPS) is 16.2. The Morgan fingerprint density at radius 2 is 1.96 bits per heavy atom. The third kappa shape index (κ3) is 3.11. The molecule has 1 N–H and O–H groups in total. The molecule has 0 fully saturated rings. The van der Waals surface area contributed by atoms with E-state index in [1.807, 2.05) is 38.1 Å². The number of hydrogen-bond acceptors (Lipinski definition) is 5. The van der Waals surface area contributed by atoms with Crippen molar-refractivity contribution in [2.45, 2.75) is 45.7 Å². The van der Waals surface area contributed by atoms with E-state index >= 15 is 0 Å². The maximum Gasteiger partial charge on any atom is 0.326 e. The van der Waals surface area contributed by atoms with Crippen molar-refractivity contribution in [3.05, 3.63) is 58.7 Å². The fourth-order valence-electron chi connectivity index (χ4n) is 3.90. The molecule has 0 aliphatic carbocycles. The number of amides is 1. The van der Waals surface area contributed by atoms with Gasteiger partial charge in [-0.1, -0.05) is 24.3 Å². The summed E-state index contributed by atoms with van der Waals surface area (Å²) < 4.78 is 1.66. The summed E-state index contributed by atoms with van der Waals surface area (Å²) in [7, 11) is 0. The highest BCUT2D eigenvalue weighted by Gasteiger charge is 2.34. The minimum Gasteiger partial charge on any atom is -0.480 e. The molecule has 0 saturated heterocycles. The van der Waals surface area contributed by atoms with Crippen LogP contribution in [0.2, 0.25) is 0 Å². The first kappa shape index (κ1) is 18.1. The Labute approximate surface area is 161 Å². The van der Waals surface area contributed by atoms with Crippen LogP contribution in [0.5, 0.6) is 0 Å². The first-order valence-electron chi connectivity index (χ1n) is 9.20. The largest absolute Gasteiger partial charge is 0.480 e. The lowest BCUT2D eigenvalue weighted by molar-refractivity contribution is -0.151. The Morgan fingerprint density at radius 3 is 2.71 bits per heavy atom. The molecule has 28 heavy (non-hydrogen) atoms. The van der Waals surface area contributed by atoms with Gasteiger partial charge < -0.3 is 10.0 Å². The fourth-order valence-corrected chi connectivity index (χ4v) is 3.90. The van der Waals surface area contributed by atoms with Crippen molar-refractivity contribution in [2.24, 2.45) is 0 Å². The standard InChI is InChI=1S/C20H21N5O3/c1-12-16(13(2)25-20(23-12)21-11-22-25)7-8-18(26)24-10-15-6-4-3-5-14(15)9-17(24)19(27)28/h3-6,11,17H,7-10H2,1-2H3,(H,27,28)/t17-/m0/s1. The number of aryl methyl sites for hydroxylation is 2. The van der Waals surface area contributed by atoms with E-state index in [2.05, 4.69) is 15.1 Å². The molecular formula is C20H21N5O3. The van der Waals surface area contributed by atoms with Gasteiger partial charge in [-0.2, -0.15) is 10.1 Å². The minimum atomic E-state index is -0.971. The van der Waals surface area contributed by atoms with E-state index in [1.54, 1.807) is 4.52 Å². The minimum absolute atomic E-state index is 0.167. The van der Waals surface area contributed by atoms with Crippen LogP contribution in [0, 0.1) is 13.8 Å². The molecule has 1 aliphatic rings. The third-order valence-electron chi connectivity index (χ3n) is 5.43. The van der Waals surface area contributed by atoms with Crippen LogP contribution in [0.4, 0.5) is 0 Å².